The van der Waals surface area contributed by atoms with Gasteiger partial charge in [0.05, 0.1) is 0 Å². The molecule has 0 rings (SSSR count). The van der Waals surface area contributed by atoms with E-state index in [1.54, 1.807) is 7.11 Å². The molecule has 0 aromatic carbocycles. The number of methoxy groups -OCH3 is 1. The Balaban J connectivity index is 3.03. The standard InChI is InChI=1S/C3H4O2.C3H7O.Tl/c1-2-3(4)5;1-3-4-2;/h2H,1H2,(H,4,5);1,3H2,2H3;/q;;+1/p-1. The first kappa shape index (κ1) is 10.1. The Morgan fingerprint density at radius 2 is 2.50 bits per heavy atom. The van der Waals surface area contributed by atoms with Crippen molar-refractivity contribution in [1.29, 1.82) is 0 Å². The zero-order valence-electron chi connectivity index (χ0n) is 6.00. The Hall–Kier alpha value is 0.0921. The molecule has 0 heterocycles. The van der Waals surface area contributed by atoms with Crippen LogP contribution in [0.2, 0.25) is 3.98 Å². The van der Waals surface area contributed by atoms with E-state index in [0.717, 1.165) is 3.98 Å². The molecule has 0 fully saturated rings. The predicted molar refractivity (Wildman–Crippen MR) is 38.7 cm³/mol. The van der Waals surface area contributed by atoms with E-state index in [1.807, 2.05) is 0 Å². The van der Waals surface area contributed by atoms with Crippen molar-refractivity contribution in [2.75, 3.05) is 13.7 Å². The SMILES string of the molecule is C=CC(=O)[O][Tl][CH2]COC. The summed E-state index contributed by atoms with van der Waals surface area (Å²) in [6.45, 7) is 4.00. The van der Waals surface area contributed by atoms with Gasteiger partial charge in [0, 0.05) is 0 Å². The average molecular weight is 335 g/mol. The second-order valence-corrected chi connectivity index (χ2v) is 6.05. The molecule has 0 aliphatic carbocycles. The molecule has 0 aliphatic heterocycles. The van der Waals surface area contributed by atoms with Crippen LogP contribution in [-0.4, -0.2) is 44.4 Å². The molecule has 0 spiro atoms. The van der Waals surface area contributed by atoms with Crippen molar-refractivity contribution in [2.24, 2.45) is 0 Å². The zero-order chi connectivity index (χ0) is 7.82. The number of hydrogen-bond donors (Lipinski definition) is 0. The molecule has 0 saturated carbocycles. The van der Waals surface area contributed by atoms with Gasteiger partial charge >= 0.3 is 73.2 Å². The third-order valence-corrected chi connectivity index (χ3v) is 4.19. The van der Waals surface area contributed by atoms with E-state index in [1.165, 1.54) is 6.08 Å². The van der Waals surface area contributed by atoms with Crippen molar-refractivity contribution < 1.29 is 12.2 Å². The van der Waals surface area contributed by atoms with Crippen molar-refractivity contribution in [3.63, 3.8) is 0 Å². The number of ether oxygens (including phenoxy) is 1. The molecule has 4 heteroatoms. The van der Waals surface area contributed by atoms with Crippen molar-refractivity contribution in [3.05, 3.63) is 12.7 Å². The van der Waals surface area contributed by atoms with Crippen LogP contribution in [0.4, 0.5) is 0 Å². The van der Waals surface area contributed by atoms with E-state index < -0.39 is 24.7 Å². The van der Waals surface area contributed by atoms with E-state index >= 15 is 0 Å². The molecule has 0 N–H and O–H groups in total. The van der Waals surface area contributed by atoms with Crippen molar-refractivity contribution in [2.45, 2.75) is 3.98 Å². The predicted octanol–water partition coefficient (Wildman–Crippen LogP) is 0.399. The summed E-state index contributed by atoms with van der Waals surface area (Å²) in [4.78, 5) is 10.4. The van der Waals surface area contributed by atoms with E-state index in [4.69, 9.17) is 7.42 Å². The van der Waals surface area contributed by atoms with Gasteiger partial charge in [-0.15, -0.1) is 0 Å². The van der Waals surface area contributed by atoms with Gasteiger partial charge in [-0.1, -0.05) is 0 Å². The summed E-state index contributed by atoms with van der Waals surface area (Å²) in [7, 11) is 1.64. The summed E-state index contributed by atoms with van der Waals surface area (Å²) in [5, 5.41) is 0. The maximum absolute atomic E-state index is 10.4. The van der Waals surface area contributed by atoms with Crippen molar-refractivity contribution >= 4 is 30.7 Å². The van der Waals surface area contributed by atoms with Crippen LogP contribution < -0.4 is 0 Å². The molecule has 0 amide bonds. The molecule has 3 nitrogen and oxygen atoms in total. The molecule has 0 aromatic rings. The molecule has 0 aliphatic rings. The number of rotatable bonds is 5. The Kier molecular flexibility index (Phi) is 7.27. The van der Waals surface area contributed by atoms with Gasteiger partial charge in [-0.2, -0.15) is 0 Å². The van der Waals surface area contributed by atoms with Crippen LogP contribution >= 0.6 is 0 Å². The summed E-state index contributed by atoms with van der Waals surface area (Å²) in [5.41, 5.74) is 0. The first-order valence-electron chi connectivity index (χ1n) is 2.95. The molecule has 0 unspecified atom stereocenters. The van der Waals surface area contributed by atoms with Crippen molar-refractivity contribution in [3.8, 4) is 0 Å². The van der Waals surface area contributed by atoms with Gasteiger partial charge in [-0.25, -0.2) is 0 Å². The van der Waals surface area contributed by atoms with Crippen LogP contribution in [0.3, 0.4) is 0 Å². The second-order valence-electron chi connectivity index (χ2n) is 1.59. The summed E-state index contributed by atoms with van der Waals surface area (Å²) in [6, 6.07) is 0. The van der Waals surface area contributed by atoms with Crippen molar-refractivity contribution in [1.82, 2.24) is 0 Å². The summed E-state index contributed by atoms with van der Waals surface area (Å²) in [5.74, 6) is -0.286. The van der Waals surface area contributed by atoms with Gasteiger partial charge in [-0.05, 0) is 0 Å². The summed E-state index contributed by atoms with van der Waals surface area (Å²) in [6.07, 6.45) is 1.20. The Morgan fingerprint density at radius 3 is 3.00 bits per heavy atom. The third kappa shape index (κ3) is 6.22. The molecule has 0 aromatic heterocycles. The minimum atomic E-state index is -1.26. The quantitative estimate of drug-likeness (QED) is 0.415. The number of carbonyl (C=O) groups excluding carboxylic acids is 1. The Labute approximate surface area is 73.3 Å². The van der Waals surface area contributed by atoms with Crippen LogP contribution in [-0.2, 0) is 12.2 Å². The second kappa shape index (κ2) is 7.20. The first-order chi connectivity index (χ1) is 4.81. The molecule has 0 radical (unpaired) electrons. The van der Waals surface area contributed by atoms with Gasteiger partial charge < -0.3 is 0 Å². The topological polar surface area (TPSA) is 35.5 Å². The molecule has 55 valence electrons. The maximum atomic E-state index is 10.4. The minimum absolute atomic E-state index is 0.286. The van der Waals surface area contributed by atoms with Gasteiger partial charge in [-0.3, -0.25) is 0 Å². The molecular formula is C6H10O3Tl. The van der Waals surface area contributed by atoms with Crippen LogP contribution in [0.1, 0.15) is 0 Å². The molecule has 10 heavy (non-hydrogen) atoms. The van der Waals surface area contributed by atoms with Gasteiger partial charge in [0.25, 0.3) is 0 Å². The summed E-state index contributed by atoms with van der Waals surface area (Å²) < 4.78 is 10.6. The summed E-state index contributed by atoms with van der Waals surface area (Å²) >= 11 is -1.26. The first-order valence-corrected chi connectivity index (χ1v) is 7.95. The van der Waals surface area contributed by atoms with Crippen LogP contribution in [0.25, 0.3) is 0 Å². The monoisotopic (exact) mass is 335 g/mol. The zero-order valence-corrected chi connectivity index (χ0v) is 10.5. The fraction of sp³-hybridized carbons (Fsp3) is 0.500. The molecule has 0 bridgehead atoms. The fourth-order valence-electron chi connectivity index (χ4n) is 0.355. The average Bonchev–Trinajstić information content (AvgIpc) is 1.98. The molecule has 0 saturated heterocycles. The van der Waals surface area contributed by atoms with Crippen LogP contribution in [0.5, 0.6) is 0 Å². The number of hydrogen-bond acceptors (Lipinski definition) is 3. The van der Waals surface area contributed by atoms with E-state index in [9.17, 15) is 4.79 Å². The van der Waals surface area contributed by atoms with E-state index in [0.29, 0.717) is 6.61 Å². The van der Waals surface area contributed by atoms with Gasteiger partial charge in [0.1, 0.15) is 0 Å². The van der Waals surface area contributed by atoms with Crippen LogP contribution in [0.15, 0.2) is 12.7 Å². The Bertz CT molecular complexity index is 114. The van der Waals surface area contributed by atoms with Crippen LogP contribution in [0, 0.1) is 0 Å². The third-order valence-electron chi connectivity index (χ3n) is 0.806. The van der Waals surface area contributed by atoms with E-state index in [2.05, 4.69) is 6.58 Å². The van der Waals surface area contributed by atoms with E-state index in [-0.39, 0.29) is 5.97 Å². The molecule has 0 atom stereocenters. The normalized spacial score (nSPS) is 8.10. The fourth-order valence-corrected chi connectivity index (χ4v) is 3.12. The Morgan fingerprint density at radius 1 is 1.80 bits per heavy atom. The van der Waals surface area contributed by atoms with Gasteiger partial charge in [0.2, 0.25) is 0 Å². The van der Waals surface area contributed by atoms with Gasteiger partial charge in [0.15, 0.2) is 0 Å². The number of carbonyl (C=O) groups is 1. The molecular weight excluding hydrogens is 324 g/mol.